The van der Waals surface area contributed by atoms with Crippen molar-refractivity contribution in [3.05, 3.63) is 50.8 Å². The summed E-state index contributed by atoms with van der Waals surface area (Å²) in [4.78, 5) is 27.2. The van der Waals surface area contributed by atoms with E-state index in [2.05, 4.69) is 0 Å². The molecule has 3 aliphatic rings. The molecular formula is C29H34FNO4. The minimum absolute atomic E-state index is 0.133. The van der Waals surface area contributed by atoms with E-state index in [0.717, 1.165) is 83.0 Å². The van der Waals surface area contributed by atoms with Crippen LogP contribution in [-0.4, -0.2) is 34.5 Å². The first-order chi connectivity index (χ1) is 16.8. The number of carboxylic acid groups (broad SMARTS) is 1. The first-order valence-electron chi connectivity index (χ1n) is 12.9. The van der Waals surface area contributed by atoms with Crippen LogP contribution in [0, 0.1) is 26.6 Å². The number of nitrogens with zero attached hydrogens (tertiary/aromatic N) is 1. The second-order valence-electron chi connectivity index (χ2n) is 10.4. The number of carbonyl (C=O) groups excluding carboxylic acids is 1. The molecule has 1 fully saturated rings. The first-order valence-corrected chi connectivity index (χ1v) is 12.9. The molecule has 186 valence electrons. The zero-order valence-corrected chi connectivity index (χ0v) is 20.9. The molecule has 6 heteroatoms. The maximum absolute atomic E-state index is 15.2. The van der Waals surface area contributed by atoms with Crippen molar-refractivity contribution in [3.8, 4) is 16.9 Å². The molecule has 2 aromatic rings. The van der Waals surface area contributed by atoms with Gasteiger partial charge in [-0.1, -0.05) is 19.3 Å². The van der Waals surface area contributed by atoms with Crippen molar-refractivity contribution >= 4 is 11.9 Å². The van der Waals surface area contributed by atoms with Gasteiger partial charge in [0.2, 0.25) is 5.91 Å². The molecule has 0 radical (unpaired) electrons. The molecule has 5 rings (SSSR count). The number of hydrogen-bond donors (Lipinski definition) is 1. The average Bonchev–Trinajstić information content (AvgIpc) is 2.85. The van der Waals surface area contributed by atoms with Crippen LogP contribution in [0.25, 0.3) is 11.1 Å². The van der Waals surface area contributed by atoms with Gasteiger partial charge in [-0.05, 0) is 97.0 Å². The van der Waals surface area contributed by atoms with E-state index in [0.29, 0.717) is 30.9 Å². The summed E-state index contributed by atoms with van der Waals surface area (Å²) >= 11 is 0. The molecule has 0 saturated heterocycles. The van der Waals surface area contributed by atoms with Crippen molar-refractivity contribution in [2.45, 2.75) is 91.1 Å². The number of ether oxygens (including phenoxy) is 1. The molecule has 2 aliphatic heterocycles. The van der Waals surface area contributed by atoms with E-state index < -0.39 is 11.8 Å². The fraction of sp³-hybridized carbons (Fsp3) is 0.517. The largest absolute Gasteiger partial charge is 0.490 e. The fourth-order valence-electron chi connectivity index (χ4n) is 6.54. The Hall–Kier alpha value is -2.89. The van der Waals surface area contributed by atoms with Gasteiger partial charge in [0.05, 0.1) is 19.4 Å². The summed E-state index contributed by atoms with van der Waals surface area (Å²) in [6.45, 7) is 6.98. The van der Waals surface area contributed by atoms with E-state index in [9.17, 15) is 14.7 Å². The van der Waals surface area contributed by atoms with Gasteiger partial charge in [0.1, 0.15) is 0 Å². The highest BCUT2D eigenvalue weighted by Crippen LogP contribution is 2.44. The Morgan fingerprint density at radius 2 is 1.80 bits per heavy atom. The van der Waals surface area contributed by atoms with Crippen LogP contribution in [0.3, 0.4) is 0 Å². The number of fused-ring (bicyclic) bond motifs is 2. The van der Waals surface area contributed by atoms with Crippen LogP contribution >= 0.6 is 0 Å². The minimum atomic E-state index is -0.931. The lowest BCUT2D eigenvalue weighted by molar-refractivity contribution is -0.136. The number of carboxylic acids is 1. The molecule has 0 spiro atoms. The third-order valence-corrected chi connectivity index (χ3v) is 8.42. The number of amides is 1. The molecule has 35 heavy (non-hydrogen) atoms. The Balaban J connectivity index is 1.70. The number of benzene rings is 2. The molecule has 1 aliphatic carbocycles. The lowest BCUT2D eigenvalue weighted by Gasteiger charge is -2.39. The molecule has 0 unspecified atom stereocenters. The highest BCUT2D eigenvalue weighted by molar-refractivity contribution is 5.87. The van der Waals surface area contributed by atoms with Crippen LogP contribution in [0.15, 0.2) is 6.07 Å². The monoisotopic (exact) mass is 479 g/mol. The summed E-state index contributed by atoms with van der Waals surface area (Å²) in [6, 6.07) is 1.79. The van der Waals surface area contributed by atoms with Crippen molar-refractivity contribution in [2.24, 2.45) is 0 Å². The average molecular weight is 480 g/mol. The van der Waals surface area contributed by atoms with E-state index in [1.807, 2.05) is 25.7 Å². The van der Waals surface area contributed by atoms with E-state index >= 15 is 4.39 Å². The predicted octanol–water partition coefficient (Wildman–Crippen LogP) is 5.59. The Labute approximate surface area is 206 Å². The van der Waals surface area contributed by atoms with Crippen LogP contribution in [0.4, 0.5) is 4.39 Å². The standard InChI is InChI=1S/C29H34FNO4/c1-16-20-10-7-11-35-29(20)25(30)12-22(16)28-18(3)24-15-31(19-8-5-4-6-9-19)26(32)13-21(24)17(2)23(28)14-27(33)34/h12,19H,4-11,13-15H2,1-3H3,(H,33,34). The van der Waals surface area contributed by atoms with E-state index in [-0.39, 0.29) is 18.4 Å². The maximum Gasteiger partial charge on any atom is 0.307 e. The fourth-order valence-corrected chi connectivity index (χ4v) is 6.54. The van der Waals surface area contributed by atoms with E-state index in [1.54, 1.807) is 0 Å². The zero-order valence-electron chi connectivity index (χ0n) is 20.9. The molecule has 5 nitrogen and oxygen atoms in total. The van der Waals surface area contributed by atoms with Crippen molar-refractivity contribution in [3.63, 3.8) is 0 Å². The van der Waals surface area contributed by atoms with Gasteiger partial charge in [-0.15, -0.1) is 0 Å². The second kappa shape index (κ2) is 9.29. The summed E-state index contributed by atoms with van der Waals surface area (Å²) in [5.41, 5.74) is 7.95. The van der Waals surface area contributed by atoms with Gasteiger partial charge in [0, 0.05) is 18.2 Å². The molecule has 2 heterocycles. The molecule has 1 saturated carbocycles. The maximum atomic E-state index is 15.2. The Kier molecular flexibility index (Phi) is 6.32. The quantitative estimate of drug-likeness (QED) is 0.621. The lowest BCUT2D eigenvalue weighted by Crippen LogP contribution is -2.45. The third kappa shape index (κ3) is 4.11. The molecule has 1 amide bonds. The van der Waals surface area contributed by atoms with Crippen molar-refractivity contribution in [1.82, 2.24) is 4.90 Å². The first kappa shape index (κ1) is 23.8. The molecule has 1 N–H and O–H groups in total. The third-order valence-electron chi connectivity index (χ3n) is 8.42. The summed E-state index contributed by atoms with van der Waals surface area (Å²) in [6.07, 6.45) is 7.32. The van der Waals surface area contributed by atoms with Gasteiger partial charge < -0.3 is 14.7 Å². The van der Waals surface area contributed by atoms with E-state index in [1.165, 1.54) is 12.5 Å². The Bertz CT molecular complexity index is 1210. The van der Waals surface area contributed by atoms with Crippen LogP contribution in [-0.2, 0) is 35.4 Å². The topological polar surface area (TPSA) is 66.8 Å². The summed E-state index contributed by atoms with van der Waals surface area (Å²) in [5.74, 6) is -0.859. The van der Waals surface area contributed by atoms with Gasteiger partial charge in [0.25, 0.3) is 0 Å². The zero-order chi connectivity index (χ0) is 24.9. The Morgan fingerprint density at radius 3 is 2.51 bits per heavy atom. The van der Waals surface area contributed by atoms with Crippen molar-refractivity contribution in [2.75, 3.05) is 6.61 Å². The SMILES string of the molecule is Cc1c(-c2c(C)c3c(c(C)c2CC(=O)O)CC(=O)N(C2CCCCC2)C3)cc(F)c2c1CCCO2. The van der Waals surface area contributed by atoms with Crippen LogP contribution in [0.2, 0.25) is 0 Å². The highest BCUT2D eigenvalue weighted by Gasteiger charge is 2.34. The van der Waals surface area contributed by atoms with Crippen LogP contribution < -0.4 is 4.74 Å². The molecule has 2 aromatic carbocycles. The van der Waals surface area contributed by atoms with Gasteiger partial charge in [-0.25, -0.2) is 4.39 Å². The summed E-state index contributed by atoms with van der Waals surface area (Å²) in [5, 5.41) is 9.77. The van der Waals surface area contributed by atoms with E-state index in [4.69, 9.17) is 4.74 Å². The second-order valence-corrected chi connectivity index (χ2v) is 10.4. The summed E-state index contributed by atoms with van der Waals surface area (Å²) < 4.78 is 20.9. The van der Waals surface area contributed by atoms with Crippen LogP contribution in [0.5, 0.6) is 5.75 Å². The number of hydrogen-bond acceptors (Lipinski definition) is 3. The number of aliphatic carboxylic acids is 1. The molecule has 0 aromatic heterocycles. The smallest absolute Gasteiger partial charge is 0.307 e. The highest BCUT2D eigenvalue weighted by atomic mass is 19.1. The van der Waals surface area contributed by atoms with Gasteiger partial charge >= 0.3 is 5.97 Å². The van der Waals surface area contributed by atoms with Gasteiger partial charge in [-0.2, -0.15) is 0 Å². The van der Waals surface area contributed by atoms with Gasteiger partial charge in [0.15, 0.2) is 11.6 Å². The Morgan fingerprint density at radius 1 is 1.06 bits per heavy atom. The molecule has 0 atom stereocenters. The lowest BCUT2D eigenvalue weighted by atomic mass is 9.78. The normalized spacial score (nSPS) is 18.2. The van der Waals surface area contributed by atoms with Crippen molar-refractivity contribution < 1.29 is 23.8 Å². The number of halogens is 1. The number of carbonyl (C=O) groups is 2. The minimum Gasteiger partial charge on any atom is -0.490 e. The summed E-state index contributed by atoms with van der Waals surface area (Å²) in [7, 11) is 0. The predicted molar refractivity (Wildman–Crippen MR) is 132 cm³/mol. The molecular weight excluding hydrogens is 445 g/mol. The van der Waals surface area contributed by atoms with Crippen LogP contribution in [0.1, 0.15) is 77.5 Å². The molecule has 0 bridgehead atoms. The van der Waals surface area contributed by atoms with Gasteiger partial charge in [-0.3, -0.25) is 9.59 Å². The van der Waals surface area contributed by atoms with Crippen molar-refractivity contribution in [1.29, 1.82) is 0 Å². The number of rotatable bonds is 4.